The Morgan fingerprint density at radius 2 is 0.708 bits per heavy atom. The molecule has 8 unspecified atom stereocenters. The first kappa shape index (κ1) is 54.7. The van der Waals surface area contributed by atoms with Gasteiger partial charge in [-0.1, -0.05) is 0 Å². The number of nitrogens with zero attached hydrogens (tertiary/aromatic N) is 6. The van der Waals surface area contributed by atoms with Gasteiger partial charge in [0.2, 0.25) is 12.3 Å². The van der Waals surface area contributed by atoms with E-state index in [9.17, 15) is 93.0 Å². The molecular weight excluding hydrogens is 916 g/mol. The van der Waals surface area contributed by atoms with Gasteiger partial charge in [0.05, 0.1) is 66.8 Å². The third-order valence-corrected chi connectivity index (χ3v) is 9.04. The molecule has 0 radical (unpaired) electrons. The van der Waals surface area contributed by atoms with Crippen molar-refractivity contribution in [1.29, 1.82) is 0 Å². The van der Waals surface area contributed by atoms with E-state index in [2.05, 4.69) is 18.9 Å². The van der Waals surface area contributed by atoms with Gasteiger partial charge in [-0.05, 0) is 0 Å². The van der Waals surface area contributed by atoms with Crippen LogP contribution in [0.2, 0.25) is 0 Å². The van der Waals surface area contributed by atoms with E-state index in [0.717, 1.165) is 14.2 Å². The Kier molecular flexibility index (Phi) is 21.2. The first-order valence-electron chi connectivity index (χ1n) is 18.7. The van der Waals surface area contributed by atoms with Crippen molar-refractivity contribution in [3.05, 3.63) is 62.9 Å². The zero-order valence-corrected chi connectivity index (χ0v) is 34.3. The summed E-state index contributed by atoms with van der Waals surface area (Å²) < 4.78 is 137. The number of aliphatic hydroxyl groups is 1. The lowest BCUT2D eigenvalue weighted by Gasteiger charge is -2.25. The quantitative estimate of drug-likeness (QED) is 0.0553. The van der Waals surface area contributed by atoms with E-state index in [1.54, 1.807) is 0 Å². The number of aliphatic hydroxyl groups excluding tert-OH is 1. The van der Waals surface area contributed by atoms with Gasteiger partial charge in [0.1, 0.15) is 13.2 Å². The minimum atomic E-state index is -4.08. The number of hydrogen-bond acceptors (Lipinski definition) is 17. The van der Waals surface area contributed by atoms with E-state index >= 15 is 0 Å². The minimum Gasteiger partial charge on any atom is -0.469 e. The van der Waals surface area contributed by atoms with Gasteiger partial charge in [0, 0.05) is 19.6 Å². The summed E-state index contributed by atoms with van der Waals surface area (Å²) in [5, 5.41) is 9.36. The van der Waals surface area contributed by atoms with E-state index in [0.29, 0.717) is 20.8 Å². The van der Waals surface area contributed by atoms with Crippen LogP contribution in [0.5, 0.6) is 0 Å². The number of carbonyl (C=O) groups is 5. The number of alkyl halides is 8. The lowest BCUT2D eigenvalue weighted by molar-refractivity contribution is -0.156. The van der Waals surface area contributed by atoms with Crippen LogP contribution in [0, 0.1) is 0 Å². The molecule has 2 rings (SSSR count). The third-order valence-electron chi connectivity index (χ3n) is 9.04. The fraction of sp³-hybridized carbons (Fsp3) is 0.676. The Morgan fingerprint density at radius 3 is 1.05 bits per heavy atom. The van der Waals surface area contributed by atoms with Crippen LogP contribution in [0.15, 0.2) is 28.8 Å². The van der Waals surface area contributed by atoms with E-state index in [1.165, 1.54) is 0 Å². The van der Waals surface area contributed by atoms with Crippen molar-refractivity contribution in [3.63, 3.8) is 0 Å². The summed E-state index contributed by atoms with van der Waals surface area (Å²) in [5.74, 6) is -7.32. The first-order valence-corrected chi connectivity index (χ1v) is 18.7. The molecule has 0 saturated carbocycles. The molecule has 0 aliphatic carbocycles. The molecule has 0 fully saturated rings. The average Bonchev–Trinajstić information content (AvgIpc) is 3.29. The maximum Gasteiger partial charge on any atom is 0.344 e. The van der Waals surface area contributed by atoms with Gasteiger partial charge in [0.25, 0.3) is 0 Å². The van der Waals surface area contributed by atoms with Crippen LogP contribution < -0.4 is 34.1 Å². The SMILES string of the molecule is COC(=O)CCn1c(=O)n(CCC(=O)OC)c(=O)n(CCC(=O)OCCn2c(=O)n(CCO)c(=O)n(CCOC(=O)C(F)C(F)C(F)C(F)C(F)C(F)C(F)C(F)C(=O)OC)c2=O)c1=O. The smallest absolute Gasteiger partial charge is 0.344 e. The standard InChI is InChI=1S/C34H42F8N6O17/c1-61-16(50)4-7-43-29(55)44(8-5-17(51)62-2)31(57)45(30(43)56)9-6-18(52)64-14-11-47-32(58)46(10-13-49)33(59)48(34(47)60)12-15-65-28(54)26(42)24(40)22(38)20(36)19(35)21(37)23(39)25(41)27(53)63-3/h19-26,49H,4-15H2,1-3H3. The van der Waals surface area contributed by atoms with Gasteiger partial charge in [-0.15, -0.1) is 0 Å². The number of halogens is 8. The van der Waals surface area contributed by atoms with Gasteiger partial charge in [-0.2, -0.15) is 0 Å². The van der Waals surface area contributed by atoms with E-state index < -0.39 is 192 Å². The Hall–Kier alpha value is -6.43. The van der Waals surface area contributed by atoms with Gasteiger partial charge in [0.15, 0.2) is 37.0 Å². The van der Waals surface area contributed by atoms with Gasteiger partial charge < -0.3 is 28.8 Å². The molecule has 1 N–H and O–H groups in total. The highest BCUT2D eigenvalue weighted by Gasteiger charge is 2.50. The Labute approximate surface area is 357 Å². The van der Waals surface area contributed by atoms with Crippen LogP contribution in [0.25, 0.3) is 0 Å². The van der Waals surface area contributed by atoms with Crippen molar-refractivity contribution in [2.24, 2.45) is 0 Å². The normalized spacial score (nSPS) is 15.1. The molecule has 0 amide bonds. The molecule has 0 aliphatic heterocycles. The highest BCUT2D eigenvalue weighted by atomic mass is 19.2. The molecule has 0 spiro atoms. The van der Waals surface area contributed by atoms with Crippen LogP contribution in [-0.4, -0.2) is 153 Å². The summed E-state index contributed by atoms with van der Waals surface area (Å²) in [7, 11) is 2.57. The number of esters is 5. The minimum absolute atomic E-state index is 0.142. The molecular formula is C34H42F8N6O17. The molecule has 65 heavy (non-hydrogen) atoms. The summed E-state index contributed by atoms with van der Waals surface area (Å²) >= 11 is 0. The monoisotopic (exact) mass is 958 g/mol. The highest BCUT2D eigenvalue weighted by molar-refractivity contribution is 5.75. The second-order valence-corrected chi connectivity index (χ2v) is 13.1. The topological polar surface area (TPSA) is 284 Å². The van der Waals surface area contributed by atoms with Crippen molar-refractivity contribution in [3.8, 4) is 0 Å². The zero-order chi connectivity index (χ0) is 49.5. The average molecular weight is 959 g/mol. The summed E-state index contributed by atoms with van der Waals surface area (Å²) in [6.45, 7) is -7.70. The van der Waals surface area contributed by atoms with Crippen molar-refractivity contribution < 1.29 is 87.9 Å². The number of methoxy groups -OCH3 is 3. The number of rotatable bonds is 26. The van der Waals surface area contributed by atoms with Crippen LogP contribution in [0.3, 0.4) is 0 Å². The number of aromatic nitrogens is 6. The third kappa shape index (κ3) is 13.8. The van der Waals surface area contributed by atoms with Crippen molar-refractivity contribution in [2.45, 2.75) is 108 Å². The summed E-state index contributed by atoms with van der Waals surface area (Å²) in [4.78, 5) is 137. The second-order valence-electron chi connectivity index (χ2n) is 13.1. The van der Waals surface area contributed by atoms with E-state index in [4.69, 9.17) is 4.74 Å². The molecule has 2 heterocycles. The maximum atomic E-state index is 14.5. The van der Waals surface area contributed by atoms with Crippen LogP contribution in [0.1, 0.15) is 19.3 Å². The lowest BCUT2D eigenvalue weighted by atomic mass is 9.98. The predicted octanol–water partition coefficient (Wildman–Crippen LogP) is -3.17. The molecule has 0 saturated heterocycles. The second kappa shape index (κ2) is 25.2. The molecule has 366 valence electrons. The van der Waals surface area contributed by atoms with Crippen LogP contribution >= 0.6 is 0 Å². The number of carbonyl (C=O) groups excluding carboxylic acids is 5. The molecule has 31 heteroatoms. The maximum absolute atomic E-state index is 14.5. The zero-order valence-electron chi connectivity index (χ0n) is 34.3. The van der Waals surface area contributed by atoms with Gasteiger partial charge in [-0.25, -0.2) is 101 Å². The highest BCUT2D eigenvalue weighted by Crippen LogP contribution is 2.28. The largest absolute Gasteiger partial charge is 0.469 e. The Balaban J connectivity index is 2.20. The molecule has 2 aromatic heterocycles. The number of ether oxygens (including phenoxy) is 5. The lowest BCUT2D eigenvalue weighted by Crippen LogP contribution is -2.55. The van der Waals surface area contributed by atoms with Crippen molar-refractivity contribution in [2.75, 3.05) is 41.2 Å². The van der Waals surface area contributed by atoms with E-state index in [-0.39, 0.29) is 13.7 Å². The summed E-state index contributed by atoms with van der Waals surface area (Å²) in [6, 6.07) is 0. The summed E-state index contributed by atoms with van der Waals surface area (Å²) in [6.07, 6.45) is -33.1. The molecule has 0 aromatic carbocycles. The molecule has 8 atom stereocenters. The molecule has 0 bridgehead atoms. The van der Waals surface area contributed by atoms with Crippen molar-refractivity contribution in [1.82, 2.24) is 27.4 Å². The first-order chi connectivity index (χ1) is 30.5. The molecule has 2 aromatic rings. The Morgan fingerprint density at radius 1 is 0.415 bits per heavy atom. The molecule has 23 nitrogen and oxygen atoms in total. The predicted molar refractivity (Wildman–Crippen MR) is 197 cm³/mol. The van der Waals surface area contributed by atoms with Gasteiger partial charge >= 0.3 is 64.0 Å². The Bertz CT molecular complexity index is 2330. The number of hydrogen-bond donors (Lipinski definition) is 1. The van der Waals surface area contributed by atoms with Crippen LogP contribution in [0.4, 0.5) is 35.1 Å². The van der Waals surface area contributed by atoms with Crippen LogP contribution in [-0.2, 0) is 86.9 Å². The summed E-state index contributed by atoms with van der Waals surface area (Å²) in [5.41, 5.74) is -8.17. The van der Waals surface area contributed by atoms with Gasteiger partial charge in [-0.3, -0.25) is 14.4 Å². The van der Waals surface area contributed by atoms with Crippen molar-refractivity contribution >= 4 is 29.8 Å². The molecule has 0 aliphatic rings. The van der Waals surface area contributed by atoms with E-state index in [1.807, 2.05) is 0 Å². The fourth-order valence-corrected chi connectivity index (χ4v) is 5.46. The fourth-order valence-electron chi connectivity index (χ4n) is 5.46.